The van der Waals surface area contributed by atoms with Gasteiger partial charge in [0, 0.05) is 6.26 Å². The monoisotopic (exact) mass is 338 g/mol. The number of benzene rings is 3. The molecule has 122 valence electrons. The van der Waals surface area contributed by atoms with Crippen LogP contribution in [0.4, 0.5) is 0 Å². The third-order valence-electron chi connectivity index (χ3n) is 3.72. The van der Waals surface area contributed by atoms with Crippen molar-refractivity contribution in [1.82, 2.24) is 0 Å². The van der Waals surface area contributed by atoms with Gasteiger partial charge in [-0.1, -0.05) is 54.6 Å². The molecule has 3 nitrogen and oxygen atoms in total. The Hall–Kier alpha value is -2.59. The van der Waals surface area contributed by atoms with Crippen LogP contribution in [0.15, 0.2) is 83.8 Å². The first-order valence-electron chi connectivity index (χ1n) is 7.60. The van der Waals surface area contributed by atoms with Gasteiger partial charge < -0.3 is 4.74 Å². The van der Waals surface area contributed by atoms with Gasteiger partial charge in [0.15, 0.2) is 9.84 Å². The highest BCUT2D eigenvalue weighted by Gasteiger charge is 2.06. The molecular weight excluding hydrogens is 320 g/mol. The average molecular weight is 338 g/mol. The zero-order valence-corrected chi connectivity index (χ0v) is 14.2. The number of hydrogen-bond acceptors (Lipinski definition) is 3. The van der Waals surface area contributed by atoms with Crippen LogP contribution in [0.5, 0.6) is 5.75 Å². The molecule has 0 atom stereocenters. The van der Waals surface area contributed by atoms with Crippen LogP contribution in [-0.4, -0.2) is 14.7 Å². The molecule has 4 heteroatoms. The molecule has 0 aliphatic rings. The normalized spacial score (nSPS) is 11.2. The third kappa shape index (κ3) is 4.03. The molecular formula is C20H18O3S. The molecule has 0 N–H and O–H groups in total. The number of rotatable bonds is 5. The summed E-state index contributed by atoms with van der Waals surface area (Å²) in [5, 5.41) is 0. The second kappa shape index (κ2) is 6.89. The van der Waals surface area contributed by atoms with Crippen molar-refractivity contribution in [3.05, 3.63) is 84.4 Å². The van der Waals surface area contributed by atoms with Crippen LogP contribution in [0.25, 0.3) is 11.1 Å². The van der Waals surface area contributed by atoms with Gasteiger partial charge in [-0.05, 0) is 41.0 Å². The topological polar surface area (TPSA) is 43.4 Å². The van der Waals surface area contributed by atoms with Crippen molar-refractivity contribution in [2.75, 3.05) is 6.26 Å². The van der Waals surface area contributed by atoms with E-state index in [1.54, 1.807) is 24.3 Å². The van der Waals surface area contributed by atoms with E-state index in [4.69, 9.17) is 4.74 Å². The highest BCUT2D eigenvalue weighted by atomic mass is 32.2. The predicted octanol–water partition coefficient (Wildman–Crippen LogP) is 4.34. The Kier molecular flexibility index (Phi) is 4.67. The van der Waals surface area contributed by atoms with E-state index < -0.39 is 9.84 Å². The lowest BCUT2D eigenvalue weighted by molar-refractivity contribution is 0.306. The largest absolute Gasteiger partial charge is 0.489 e. The molecule has 3 aromatic rings. The van der Waals surface area contributed by atoms with Gasteiger partial charge in [-0.2, -0.15) is 0 Å². The van der Waals surface area contributed by atoms with E-state index in [9.17, 15) is 8.42 Å². The Morgan fingerprint density at radius 1 is 0.750 bits per heavy atom. The Labute approximate surface area is 142 Å². The van der Waals surface area contributed by atoms with E-state index in [1.807, 2.05) is 42.5 Å². The maximum absolute atomic E-state index is 11.4. The summed E-state index contributed by atoms with van der Waals surface area (Å²) >= 11 is 0. The highest BCUT2D eigenvalue weighted by Crippen LogP contribution is 2.22. The molecule has 0 saturated carbocycles. The Morgan fingerprint density at radius 2 is 1.33 bits per heavy atom. The zero-order chi connectivity index (χ0) is 17.0. The summed E-state index contributed by atoms with van der Waals surface area (Å²) in [6.07, 6.45) is 1.20. The van der Waals surface area contributed by atoms with Crippen LogP contribution < -0.4 is 4.74 Å². The van der Waals surface area contributed by atoms with Crippen LogP contribution >= 0.6 is 0 Å². The minimum Gasteiger partial charge on any atom is -0.489 e. The highest BCUT2D eigenvalue weighted by molar-refractivity contribution is 7.90. The number of hydrogen-bond donors (Lipinski definition) is 0. The van der Waals surface area contributed by atoms with E-state index in [-0.39, 0.29) is 0 Å². The fourth-order valence-corrected chi connectivity index (χ4v) is 3.00. The van der Waals surface area contributed by atoms with Crippen LogP contribution in [0, 0.1) is 0 Å². The lowest BCUT2D eigenvalue weighted by Gasteiger charge is -2.08. The summed E-state index contributed by atoms with van der Waals surface area (Å²) in [6.45, 7) is 0.398. The van der Waals surface area contributed by atoms with E-state index in [2.05, 4.69) is 12.1 Å². The molecule has 0 fully saturated rings. The summed E-state index contributed by atoms with van der Waals surface area (Å²) in [5.41, 5.74) is 3.23. The summed E-state index contributed by atoms with van der Waals surface area (Å²) in [6, 6.07) is 24.8. The van der Waals surface area contributed by atoms with Gasteiger partial charge in [-0.15, -0.1) is 0 Å². The summed E-state index contributed by atoms with van der Waals surface area (Å²) in [4.78, 5) is 0.318. The standard InChI is InChI=1S/C20H18O3S/c1-24(21,22)20-13-7-16(8-14-20)15-23-19-11-9-18(10-12-19)17-5-3-2-4-6-17/h2-14H,15H2,1H3. The van der Waals surface area contributed by atoms with Gasteiger partial charge in [-0.25, -0.2) is 8.42 Å². The fourth-order valence-electron chi connectivity index (χ4n) is 2.37. The zero-order valence-electron chi connectivity index (χ0n) is 13.3. The van der Waals surface area contributed by atoms with Crippen molar-refractivity contribution in [2.45, 2.75) is 11.5 Å². The quantitative estimate of drug-likeness (QED) is 0.695. The molecule has 0 bridgehead atoms. The van der Waals surface area contributed by atoms with Gasteiger partial charge in [0.05, 0.1) is 4.90 Å². The first kappa shape index (κ1) is 16.3. The fraction of sp³-hybridized carbons (Fsp3) is 0.100. The van der Waals surface area contributed by atoms with Crippen LogP contribution in [0.1, 0.15) is 5.56 Å². The maximum atomic E-state index is 11.4. The van der Waals surface area contributed by atoms with Gasteiger partial charge in [0.25, 0.3) is 0 Å². The molecule has 3 aromatic carbocycles. The molecule has 0 unspecified atom stereocenters. The summed E-state index contributed by atoms with van der Waals surface area (Å²) in [7, 11) is -3.16. The predicted molar refractivity (Wildman–Crippen MR) is 95.8 cm³/mol. The van der Waals surface area contributed by atoms with Gasteiger partial charge in [0.1, 0.15) is 12.4 Å². The van der Waals surface area contributed by atoms with Crippen molar-refractivity contribution in [2.24, 2.45) is 0 Å². The molecule has 0 aliphatic carbocycles. The number of ether oxygens (including phenoxy) is 1. The minimum absolute atomic E-state index is 0.318. The van der Waals surface area contributed by atoms with Crippen LogP contribution in [-0.2, 0) is 16.4 Å². The van der Waals surface area contributed by atoms with Crippen molar-refractivity contribution in [3.8, 4) is 16.9 Å². The lowest BCUT2D eigenvalue weighted by Crippen LogP contribution is -1.99. The first-order chi connectivity index (χ1) is 11.5. The van der Waals surface area contributed by atoms with Crippen molar-refractivity contribution < 1.29 is 13.2 Å². The van der Waals surface area contributed by atoms with Crippen LogP contribution in [0.2, 0.25) is 0 Å². The van der Waals surface area contributed by atoms with Gasteiger partial charge in [0.2, 0.25) is 0 Å². The van der Waals surface area contributed by atoms with E-state index >= 15 is 0 Å². The molecule has 0 radical (unpaired) electrons. The summed E-state index contributed by atoms with van der Waals surface area (Å²) in [5.74, 6) is 0.780. The average Bonchev–Trinajstić information content (AvgIpc) is 2.61. The smallest absolute Gasteiger partial charge is 0.175 e. The van der Waals surface area contributed by atoms with Crippen LogP contribution in [0.3, 0.4) is 0 Å². The van der Waals surface area contributed by atoms with E-state index in [0.717, 1.165) is 16.9 Å². The second-order valence-electron chi connectivity index (χ2n) is 5.60. The molecule has 0 spiro atoms. The maximum Gasteiger partial charge on any atom is 0.175 e. The molecule has 24 heavy (non-hydrogen) atoms. The van der Waals surface area contributed by atoms with Crippen molar-refractivity contribution >= 4 is 9.84 Å². The van der Waals surface area contributed by atoms with Gasteiger partial charge >= 0.3 is 0 Å². The Balaban J connectivity index is 1.65. The SMILES string of the molecule is CS(=O)(=O)c1ccc(COc2ccc(-c3ccccc3)cc2)cc1. The van der Waals surface area contributed by atoms with E-state index in [1.165, 1.54) is 11.8 Å². The first-order valence-corrected chi connectivity index (χ1v) is 9.49. The Morgan fingerprint density at radius 3 is 1.92 bits per heavy atom. The number of sulfone groups is 1. The minimum atomic E-state index is -3.16. The molecule has 0 aliphatic heterocycles. The molecule has 0 saturated heterocycles. The third-order valence-corrected chi connectivity index (χ3v) is 4.85. The van der Waals surface area contributed by atoms with Crippen molar-refractivity contribution in [3.63, 3.8) is 0 Å². The van der Waals surface area contributed by atoms with Crippen molar-refractivity contribution in [1.29, 1.82) is 0 Å². The summed E-state index contributed by atoms with van der Waals surface area (Å²) < 4.78 is 28.6. The Bertz CT molecular complexity index is 897. The molecule has 0 heterocycles. The molecule has 3 rings (SSSR count). The molecule has 0 aromatic heterocycles. The van der Waals surface area contributed by atoms with E-state index in [0.29, 0.717) is 11.5 Å². The second-order valence-corrected chi connectivity index (χ2v) is 7.61. The molecule has 0 amide bonds. The lowest BCUT2D eigenvalue weighted by atomic mass is 10.1. The van der Waals surface area contributed by atoms with Gasteiger partial charge in [-0.3, -0.25) is 0 Å².